The monoisotopic (exact) mass is 345 g/mol. The van der Waals surface area contributed by atoms with Crippen molar-refractivity contribution in [3.63, 3.8) is 0 Å². The Morgan fingerprint density at radius 3 is 2.15 bits per heavy atom. The predicted molar refractivity (Wildman–Crippen MR) is 106 cm³/mol. The van der Waals surface area contributed by atoms with Gasteiger partial charge >= 0.3 is 0 Å². The van der Waals surface area contributed by atoms with Crippen LogP contribution in [0.15, 0.2) is 78.9 Å². The van der Waals surface area contributed by atoms with Crippen LogP contribution in [-0.4, -0.2) is 5.91 Å². The molecule has 3 heteroatoms. The first kappa shape index (κ1) is 17.7. The van der Waals surface area contributed by atoms with Crippen LogP contribution < -0.4 is 10.1 Å². The van der Waals surface area contributed by atoms with Gasteiger partial charge in [0, 0.05) is 11.3 Å². The average molecular weight is 345 g/mol. The van der Waals surface area contributed by atoms with Crippen LogP contribution in [0.1, 0.15) is 41.3 Å². The Bertz CT molecular complexity index is 838. The van der Waals surface area contributed by atoms with Gasteiger partial charge in [-0.3, -0.25) is 4.79 Å². The zero-order chi connectivity index (χ0) is 18.4. The van der Waals surface area contributed by atoms with E-state index in [1.54, 1.807) is 12.1 Å². The molecule has 132 valence electrons. The van der Waals surface area contributed by atoms with Crippen LogP contribution in [0, 0.1) is 0 Å². The largest absolute Gasteiger partial charge is 0.489 e. The summed E-state index contributed by atoms with van der Waals surface area (Å²) >= 11 is 0. The Morgan fingerprint density at radius 2 is 1.54 bits per heavy atom. The fourth-order valence-electron chi connectivity index (χ4n) is 2.60. The van der Waals surface area contributed by atoms with Crippen LogP contribution in [0.5, 0.6) is 5.75 Å². The van der Waals surface area contributed by atoms with E-state index in [2.05, 4.69) is 19.2 Å². The highest BCUT2D eigenvalue weighted by molar-refractivity contribution is 6.04. The number of rotatable bonds is 6. The van der Waals surface area contributed by atoms with Gasteiger partial charge in [-0.1, -0.05) is 56.3 Å². The van der Waals surface area contributed by atoms with Crippen LogP contribution in [0.4, 0.5) is 5.69 Å². The van der Waals surface area contributed by atoms with E-state index in [1.165, 1.54) is 5.56 Å². The van der Waals surface area contributed by atoms with Crippen molar-refractivity contribution in [3.05, 3.63) is 95.6 Å². The summed E-state index contributed by atoms with van der Waals surface area (Å²) in [6, 6.07) is 25.1. The lowest BCUT2D eigenvalue weighted by Crippen LogP contribution is -2.11. The Kier molecular flexibility index (Phi) is 5.69. The van der Waals surface area contributed by atoms with Gasteiger partial charge in [0.05, 0.1) is 0 Å². The van der Waals surface area contributed by atoms with Gasteiger partial charge in [0.15, 0.2) is 0 Å². The summed E-state index contributed by atoms with van der Waals surface area (Å²) < 4.78 is 5.75. The van der Waals surface area contributed by atoms with E-state index in [-0.39, 0.29) is 5.91 Å². The Hall–Kier alpha value is -3.07. The topological polar surface area (TPSA) is 38.3 Å². The summed E-state index contributed by atoms with van der Waals surface area (Å²) in [5, 5.41) is 2.92. The van der Waals surface area contributed by atoms with Crippen molar-refractivity contribution in [3.8, 4) is 5.75 Å². The molecule has 0 aliphatic rings. The number of amides is 1. The van der Waals surface area contributed by atoms with Crippen molar-refractivity contribution >= 4 is 11.6 Å². The molecule has 1 N–H and O–H groups in total. The Labute approximate surface area is 154 Å². The molecule has 3 rings (SSSR count). The molecular formula is C23H23NO2. The van der Waals surface area contributed by atoms with E-state index in [0.717, 1.165) is 17.0 Å². The highest BCUT2D eigenvalue weighted by Gasteiger charge is 2.07. The summed E-state index contributed by atoms with van der Waals surface area (Å²) in [4.78, 5) is 12.4. The van der Waals surface area contributed by atoms with Crippen molar-refractivity contribution in [1.29, 1.82) is 0 Å². The average Bonchev–Trinajstić information content (AvgIpc) is 2.68. The number of nitrogens with one attached hydrogen (secondary N) is 1. The maximum absolute atomic E-state index is 12.4. The highest BCUT2D eigenvalue weighted by atomic mass is 16.5. The van der Waals surface area contributed by atoms with Gasteiger partial charge in [-0.2, -0.15) is 0 Å². The molecule has 0 atom stereocenters. The van der Waals surface area contributed by atoms with E-state index < -0.39 is 0 Å². The Balaban J connectivity index is 1.58. The molecule has 1 amide bonds. The number of carbonyl (C=O) groups is 1. The molecule has 0 bridgehead atoms. The lowest BCUT2D eigenvalue weighted by atomic mass is 10.0. The lowest BCUT2D eigenvalue weighted by Gasteiger charge is -2.09. The maximum Gasteiger partial charge on any atom is 0.255 e. The van der Waals surface area contributed by atoms with E-state index >= 15 is 0 Å². The van der Waals surface area contributed by atoms with Crippen molar-refractivity contribution in [2.45, 2.75) is 26.4 Å². The molecule has 0 spiro atoms. The van der Waals surface area contributed by atoms with Gasteiger partial charge < -0.3 is 10.1 Å². The quantitative estimate of drug-likeness (QED) is 0.628. The highest BCUT2D eigenvalue weighted by Crippen LogP contribution is 2.19. The minimum atomic E-state index is -0.128. The van der Waals surface area contributed by atoms with Crippen molar-refractivity contribution in [1.82, 2.24) is 0 Å². The van der Waals surface area contributed by atoms with Crippen LogP contribution >= 0.6 is 0 Å². The normalized spacial score (nSPS) is 10.6. The molecular weight excluding hydrogens is 322 g/mol. The van der Waals surface area contributed by atoms with Crippen LogP contribution in [-0.2, 0) is 6.61 Å². The van der Waals surface area contributed by atoms with E-state index in [4.69, 9.17) is 4.74 Å². The molecule has 0 aliphatic heterocycles. The molecule has 3 aromatic rings. The third-order valence-corrected chi connectivity index (χ3v) is 4.20. The van der Waals surface area contributed by atoms with Crippen molar-refractivity contribution < 1.29 is 9.53 Å². The van der Waals surface area contributed by atoms with Crippen molar-refractivity contribution in [2.75, 3.05) is 5.32 Å². The number of hydrogen-bond donors (Lipinski definition) is 1. The van der Waals surface area contributed by atoms with Crippen LogP contribution in [0.25, 0.3) is 0 Å². The molecule has 0 fully saturated rings. The number of benzene rings is 3. The number of hydrogen-bond acceptors (Lipinski definition) is 2. The fraction of sp³-hybridized carbons (Fsp3) is 0.174. The summed E-state index contributed by atoms with van der Waals surface area (Å²) in [6.07, 6.45) is 0. The molecule has 0 unspecified atom stereocenters. The zero-order valence-electron chi connectivity index (χ0n) is 15.1. The SMILES string of the molecule is CC(C)c1ccc(NC(=O)c2ccc(OCc3ccccc3)cc2)cc1. The second kappa shape index (κ2) is 8.34. The second-order valence-corrected chi connectivity index (χ2v) is 6.53. The first-order valence-corrected chi connectivity index (χ1v) is 8.80. The smallest absolute Gasteiger partial charge is 0.255 e. The Morgan fingerprint density at radius 1 is 0.885 bits per heavy atom. The third-order valence-electron chi connectivity index (χ3n) is 4.20. The minimum Gasteiger partial charge on any atom is -0.489 e. The summed E-state index contributed by atoms with van der Waals surface area (Å²) in [5.74, 6) is 1.09. The number of carbonyl (C=O) groups excluding carboxylic acids is 1. The van der Waals surface area contributed by atoms with Gasteiger partial charge in [-0.15, -0.1) is 0 Å². The van der Waals surface area contributed by atoms with Gasteiger partial charge in [0.1, 0.15) is 12.4 Å². The van der Waals surface area contributed by atoms with Crippen LogP contribution in [0.2, 0.25) is 0 Å². The van der Waals surface area contributed by atoms with E-state index in [1.807, 2.05) is 66.7 Å². The second-order valence-electron chi connectivity index (χ2n) is 6.53. The summed E-state index contributed by atoms with van der Waals surface area (Å²) in [6.45, 7) is 4.80. The van der Waals surface area contributed by atoms with Gasteiger partial charge in [0.25, 0.3) is 5.91 Å². The van der Waals surface area contributed by atoms with Gasteiger partial charge in [0.2, 0.25) is 0 Å². The molecule has 0 radical (unpaired) electrons. The van der Waals surface area contributed by atoms with E-state index in [9.17, 15) is 4.79 Å². The number of ether oxygens (including phenoxy) is 1. The van der Waals surface area contributed by atoms with Crippen molar-refractivity contribution in [2.24, 2.45) is 0 Å². The minimum absolute atomic E-state index is 0.128. The van der Waals surface area contributed by atoms with Crippen LogP contribution in [0.3, 0.4) is 0 Å². The maximum atomic E-state index is 12.4. The molecule has 3 nitrogen and oxygen atoms in total. The summed E-state index contributed by atoms with van der Waals surface area (Å²) in [5.41, 5.74) is 3.76. The molecule has 26 heavy (non-hydrogen) atoms. The molecule has 0 saturated heterocycles. The first-order chi connectivity index (χ1) is 12.6. The molecule has 0 aliphatic carbocycles. The lowest BCUT2D eigenvalue weighted by molar-refractivity contribution is 0.102. The molecule has 0 heterocycles. The summed E-state index contributed by atoms with van der Waals surface area (Å²) in [7, 11) is 0. The number of anilines is 1. The third kappa shape index (κ3) is 4.73. The zero-order valence-corrected chi connectivity index (χ0v) is 15.1. The first-order valence-electron chi connectivity index (χ1n) is 8.80. The molecule has 0 aromatic heterocycles. The predicted octanol–water partition coefficient (Wildman–Crippen LogP) is 5.64. The van der Waals surface area contributed by atoms with E-state index in [0.29, 0.717) is 18.1 Å². The fourth-order valence-corrected chi connectivity index (χ4v) is 2.60. The molecule has 0 saturated carbocycles. The van der Waals surface area contributed by atoms with Gasteiger partial charge in [-0.05, 0) is 53.4 Å². The van der Waals surface area contributed by atoms with Gasteiger partial charge in [-0.25, -0.2) is 0 Å². The molecule has 3 aromatic carbocycles. The standard InChI is InChI=1S/C23H23NO2/c1-17(2)19-8-12-21(13-9-19)24-23(25)20-10-14-22(15-11-20)26-16-18-6-4-3-5-7-18/h3-15,17H,16H2,1-2H3,(H,24,25).